The molecule has 24 heavy (non-hydrogen) atoms. The lowest BCUT2D eigenvalue weighted by Gasteiger charge is -2.12. The molecule has 1 aromatic carbocycles. The van der Waals surface area contributed by atoms with Crippen molar-refractivity contribution in [1.29, 1.82) is 0 Å². The van der Waals surface area contributed by atoms with Gasteiger partial charge in [-0.05, 0) is 55.8 Å². The number of aliphatic hydroxyl groups is 1. The van der Waals surface area contributed by atoms with Crippen molar-refractivity contribution in [1.82, 2.24) is 5.32 Å². The number of urea groups is 1. The van der Waals surface area contributed by atoms with Crippen LogP contribution in [-0.4, -0.2) is 35.3 Å². The van der Waals surface area contributed by atoms with Crippen LogP contribution in [0.4, 0.5) is 16.2 Å². The van der Waals surface area contributed by atoms with Crippen LogP contribution in [-0.2, 0) is 4.79 Å². The van der Waals surface area contributed by atoms with Gasteiger partial charge in [-0.15, -0.1) is 0 Å². The first-order chi connectivity index (χ1) is 11.3. The lowest BCUT2D eigenvalue weighted by Crippen LogP contribution is -2.32. The fourth-order valence-corrected chi connectivity index (χ4v) is 2.14. The van der Waals surface area contributed by atoms with Crippen molar-refractivity contribution >= 4 is 28.9 Å². The summed E-state index contributed by atoms with van der Waals surface area (Å²) in [5.74, 6) is -0.332. The van der Waals surface area contributed by atoms with Gasteiger partial charge >= 0.3 is 6.03 Å². The summed E-state index contributed by atoms with van der Waals surface area (Å²) in [5.41, 5.74) is 8.27. The van der Waals surface area contributed by atoms with E-state index in [2.05, 4.69) is 15.6 Å². The zero-order valence-electron chi connectivity index (χ0n) is 13.5. The second-order valence-corrected chi connectivity index (χ2v) is 5.51. The van der Waals surface area contributed by atoms with Crippen molar-refractivity contribution in [3.8, 4) is 0 Å². The van der Waals surface area contributed by atoms with Crippen LogP contribution >= 0.6 is 0 Å². The van der Waals surface area contributed by atoms with Gasteiger partial charge in [-0.25, -0.2) is 9.79 Å². The highest BCUT2D eigenvalue weighted by Crippen LogP contribution is 2.22. The Kier molecular flexibility index (Phi) is 5.49. The third-order valence-corrected chi connectivity index (χ3v) is 3.28. The van der Waals surface area contributed by atoms with E-state index >= 15 is 0 Å². The fraction of sp³-hybridized carbons (Fsp3) is 0.235. The predicted octanol–water partition coefficient (Wildman–Crippen LogP) is 1.55. The molecule has 1 aliphatic carbocycles. The number of allylic oxidation sites excluding steroid dienone is 3. The summed E-state index contributed by atoms with van der Waals surface area (Å²) < 4.78 is 0. The molecule has 2 amide bonds. The van der Waals surface area contributed by atoms with Crippen molar-refractivity contribution in [2.75, 3.05) is 11.9 Å². The van der Waals surface area contributed by atoms with E-state index in [9.17, 15) is 14.7 Å². The van der Waals surface area contributed by atoms with E-state index in [0.29, 0.717) is 17.9 Å². The summed E-state index contributed by atoms with van der Waals surface area (Å²) in [6, 6.07) is 4.79. The van der Waals surface area contributed by atoms with Gasteiger partial charge in [0.25, 0.3) is 0 Å². The van der Waals surface area contributed by atoms with Gasteiger partial charge in [0.05, 0.1) is 23.2 Å². The quantitative estimate of drug-likeness (QED) is 0.613. The number of carbonyl (C=O) groups excluding carboxylic acids is 2. The Bertz CT molecular complexity index is 748. The number of aliphatic imine (C=N–C) groups is 1. The predicted molar refractivity (Wildman–Crippen MR) is 93.4 cm³/mol. The number of nitrogens with zero attached hydrogens (tertiary/aromatic N) is 1. The first-order valence-corrected chi connectivity index (χ1v) is 7.47. The molecule has 0 aromatic heterocycles. The van der Waals surface area contributed by atoms with Crippen molar-refractivity contribution in [3.63, 3.8) is 0 Å². The SMILES string of the molecule is Cc1cc(N=C2C=CC(=O)C(NC(N)=O)=C2)ccc1NCC(C)O. The van der Waals surface area contributed by atoms with Gasteiger partial charge in [0.1, 0.15) is 0 Å². The van der Waals surface area contributed by atoms with Crippen LogP contribution in [0.15, 0.2) is 47.1 Å². The Morgan fingerprint density at radius 3 is 2.75 bits per heavy atom. The lowest BCUT2D eigenvalue weighted by molar-refractivity contribution is -0.111. The average Bonchev–Trinajstić information content (AvgIpc) is 2.49. The second kappa shape index (κ2) is 7.56. The summed E-state index contributed by atoms with van der Waals surface area (Å²) in [7, 11) is 0. The van der Waals surface area contributed by atoms with Crippen molar-refractivity contribution in [2.24, 2.45) is 10.7 Å². The first-order valence-electron chi connectivity index (χ1n) is 7.47. The molecule has 2 rings (SSSR count). The van der Waals surface area contributed by atoms with Crippen molar-refractivity contribution in [3.05, 3.63) is 47.7 Å². The van der Waals surface area contributed by atoms with E-state index in [4.69, 9.17) is 5.73 Å². The zero-order chi connectivity index (χ0) is 17.7. The maximum Gasteiger partial charge on any atom is 0.316 e. The topological polar surface area (TPSA) is 117 Å². The monoisotopic (exact) mass is 328 g/mol. The second-order valence-electron chi connectivity index (χ2n) is 5.51. The molecule has 5 N–H and O–H groups in total. The standard InChI is InChI=1S/C17H20N4O3/c1-10-7-12(3-5-14(10)19-9-11(2)22)20-13-4-6-16(23)15(8-13)21-17(18)24/h3-8,11,19,22H,9H2,1-2H3,(H3,18,21,24). The summed E-state index contributed by atoms with van der Waals surface area (Å²) in [6.45, 7) is 4.11. The number of anilines is 1. The molecule has 1 unspecified atom stereocenters. The van der Waals surface area contributed by atoms with Crippen LogP contribution in [0.25, 0.3) is 0 Å². The van der Waals surface area contributed by atoms with Gasteiger partial charge in [0, 0.05) is 12.2 Å². The lowest BCUT2D eigenvalue weighted by atomic mass is 10.1. The Morgan fingerprint density at radius 1 is 1.38 bits per heavy atom. The number of aryl methyl sites for hydroxylation is 1. The van der Waals surface area contributed by atoms with Gasteiger partial charge in [-0.3, -0.25) is 4.79 Å². The number of benzene rings is 1. The minimum absolute atomic E-state index is 0.0932. The normalized spacial score (nSPS) is 16.7. The molecule has 1 aromatic rings. The molecule has 0 spiro atoms. The van der Waals surface area contributed by atoms with Gasteiger partial charge in [0.2, 0.25) is 5.78 Å². The number of primary amides is 1. The van der Waals surface area contributed by atoms with Gasteiger partial charge in [-0.2, -0.15) is 0 Å². The van der Waals surface area contributed by atoms with Crippen LogP contribution in [0.3, 0.4) is 0 Å². The highest BCUT2D eigenvalue weighted by Gasteiger charge is 2.13. The molecule has 0 saturated heterocycles. The molecule has 1 aliphatic rings. The summed E-state index contributed by atoms with van der Waals surface area (Å²) in [6.07, 6.45) is 3.94. The Hall–Kier alpha value is -2.93. The maximum absolute atomic E-state index is 11.6. The minimum atomic E-state index is -0.798. The number of hydrogen-bond donors (Lipinski definition) is 4. The fourth-order valence-electron chi connectivity index (χ4n) is 2.14. The number of ketones is 1. The van der Waals surface area contributed by atoms with Crippen LogP contribution in [0, 0.1) is 6.92 Å². The van der Waals surface area contributed by atoms with Crippen molar-refractivity contribution < 1.29 is 14.7 Å². The number of hydrogen-bond acceptors (Lipinski definition) is 5. The first kappa shape index (κ1) is 17.4. The number of rotatable bonds is 5. The Labute approximate surface area is 140 Å². The molecule has 0 fully saturated rings. The summed E-state index contributed by atoms with van der Waals surface area (Å²) >= 11 is 0. The Morgan fingerprint density at radius 2 is 2.12 bits per heavy atom. The number of carbonyl (C=O) groups is 2. The summed E-state index contributed by atoms with van der Waals surface area (Å²) in [5, 5.41) is 14.7. The van der Waals surface area contributed by atoms with E-state index in [1.165, 1.54) is 12.2 Å². The highest BCUT2D eigenvalue weighted by atomic mass is 16.3. The maximum atomic E-state index is 11.6. The molecule has 126 valence electrons. The molecule has 7 nitrogen and oxygen atoms in total. The number of aliphatic hydroxyl groups excluding tert-OH is 1. The van der Waals surface area contributed by atoms with Crippen molar-refractivity contribution in [2.45, 2.75) is 20.0 Å². The van der Waals surface area contributed by atoms with Gasteiger partial charge < -0.3 is 21.5 Å². The number of nitrogens with two attached hydrogens (primary N) is 1. The van der Waals surface area contributed by atoms with Gasteiger partial charge in [0.15, 0.2) is 0 Å². The van der Waals surface area contributed by atoms with Crippen LogP contribution in [0.1, 0.15) is 12.5 Å². The largest absolute Gasteiger partial charge is 0.392 e. The van der Waals surface area contributed by atoms with E-state index in [1.807, 2.05) is 25.1 Å². The smallest absolute Gasteiger partial charge is 0.316 e. The molecule has 7 heteroatoms. The van der Waals surface area contributed by atoms with Crippen LogP contribution in [0.5, 0.6) is 0 Å². The highest BCUT2D eigenvalue weighted by molar-refractivity contribution is 6.20. The van der Waals surface area contributed by atoms with Crippen LogP contribution in [0.2, 0.25) is 0 Å². The third-order valence-electron chi connectivity index (χ3n) is 3.28. The van der Waals surface area contributed by atoms with Crippen LogP contribution < -0.4 is 16.4 Å². The Balaban J connectivity index is 2.20. The van der Waals surface area contributed by atoms with E-state index in [-0.39, 0.29) is 11.5 Å². The number of nitrogens with one attached hydrogen (secondary N) is 2. The molecule has 0 aliphatic heterocycles. The summed E-state index contributed by atoms with van der Waals surface area (Å²) in [4.78, 5) is 27.0. The molecule has 0 heterocycles. The molecule has 1 atom stereocenters. The van der Waals surface area contributed by atoms with E-state index < -0.39 is 12.1 Å². The third kappa shape index (κ3) is 4.79. The van der Waals surface area contributed by atoms with E-state index in [0.717, 1.165) is 11.3 Å². The number of amides is 2. The van der Waals surface area contributed by atoms with E-state index in [1.54, 1.807) is 13.0 Å². The molecular weight excluding hydrogens is 308 g/mol. The molecule has 0 radical (unpaired) electrons. The minimum Gasteiger partial charge on any atom is -0.392 e. The molecule has 0 saturated carbocycles. The molecular formula is C17H20N4O3. The molecule has 0 bridgehead atoms. The average molecular weight is 328 g/mol. The van der Waals surface area contributed by atoms with Gasteiger partial charge in [-0.1, -0.05) is 0 Å². The zero-order valence-corrected chi connectivity index (χ0v) is 13.5.